The maximum absolute atomic E-state index is 4.00. The number of aromatic nitrogens is 1. The minimum Gasteiger partial charge on any atom is -0.309 e. The molecular formula is C52H40N4S. The van der Waals surface area contributed by atoms with Crippen LogP contribution in [0.25, 0.3) is 54.8 Å². The molecule has 3 aliphatic carbocycles. The van der Waals surface area contributed by atoms with Crippen molar-refractivity contribution in [3.05, 3.63) is 201 Å². The van der Waals surface area contributed by atoms with Gasteiger partial charge in [0.05, 0.1) is 34.9 Å². The van der Waals surface area contributed by atoms with Crippen LogP contribution in [0.15, 0.2) is 157 Å². The first-order valence-electron chi connectivity index (χ1n) is 20.5. The molecule has 3 atom stereocenters. The monoisotopic (exact) mass is 752 g/mol. The van der Waals surface area contributed by atoms with Gasteiger partial charge in [-0.1, -0.05) is 140 Å². The summed E-state index contributed by atoms with van der Waals surface area (Å²) in [5.74, 6) is 0. The Morgan fingerprint density at radius 3 is 2.04 bits per heavy atom. The highest BCUT2D eigenvalue weighted by Gasteiger charge is 2.52. The van der Waals surface area contributed by atoms with Gasteiger partial charge >= 0.3 is 0 Å². The van der Waals surface area contributed by atoms with Gasteiger partial charge in [0.1, 0.15) is 0 Å². The number of rotatable bonds is 3. The van der Waals surface area contributed by atoms with Crippen molar-refractivity contribution in [3.63, 3.8) is 0 Å². The van der Waals surface area contributed by atoms with Crippen LogP contribution in [0.1, 0.15) is 81.6 Å². The van der Waals surface area contributed by atoms with E-state index in [1.807, 2.05) is 11.3 Å². The Morgan fingerprint density at radius 2 is 1.23 bits per heavy atom. The summed E-state index contributed by atoms with van der Waals surface area (Å²) >= 11 is 2.03. The second-order valence-electron chi connectivity index (χ2n) is 16.3. The third-order valence-corrected chi connectivity index (χ3v) is 14.7. The van der Waals surface area contributed by atoms with Crippen molar-refractivity contribution in [1.82, 2.24) is 20.5 Å². The molecule has 3 N–H and O–H groups in total. The second kappa shape index (κ2) is 12.1. The molecule has 8 aromatic rings. The predicted molar refractivity (Wildman–Crippen MR) is 236 cm³/mol. The molecule has 274 valence electrons. The fourth-order valence-electron chi connectivity index (χ4n) is 11.1. The Bertz CT molecular complexity index is 3030. The number of hydrogen-bond acceptors (Lipinski definition) is 4. The van der Waals surface area contributed by atoms with Crippen molar-refractivity contribution in [2.45, 2.75) is 49.6 Å². The van der Waals surface area contributed by atoms with Gasteiger partial charge in [-0.2, -0.15) is 0 Å². The van der Waals surface area contributed by atoms with Crippen molar-refractivity contribution in [3.8, 4) is 11.1 Å². The molecule has 0 saturated carbocycles. The van der Waals surface area contributed by atoms with Crippen LogP contribution in [-0.4, -0.2) is 4.57 Å². The minimum atomic E-state index is -0.448. The third kappa shape index (κ3) is 4.37. The zero-order valence-corrected chi connectivity index (χ0v) is 32.2. The number of allylic oxidation sites excluding steroid dienone is 5. The first-order valence-corrected chi connectivity index (χ1v) is 21.3. The van der Waals surface area contributed by atoms with Gasteiger partial charge in [-0.25, -0.2) is 0 Å². The number of para-hydroxylation sites is 1. The Balaban J connectivity index is 1.10. The summed E-state index contributed by atoms with van der Waals surface area (Å²) in [5.41, 5.74) is 17.1. The predicted octanol–water partition coefficient (Wildman–Crippen LogP) is 12.0. The number of fused-ring (bicyclic) bond motifs is 15. The molecule has 13 rings (SSSR count). The van der Waals surface area contributed by atoms with Gasteiger partial charge < -0.3 is 4.57 Å². The van der Waals surface area contributed by atoms with Gasteiger partial charge in [-0.05, 0) is 99.5 Å². The summed E-state index contributed by atoms with van der Waals surface area (Å²) < 4.78 is 4.07. The summed E-state index contributed by atoms with van der Waals surface area (Å²) in [7, 11) is 0. The smallest absolute Gasteiger partial charge is 0.0864 e. The number of nitrogens with zero attached hydrogens (tertiary/aromatic N) is 1. The van der Waals surface area contributed by atoms with Crippen LogP contribution in [0, 0.1) is 0 Å². The van der Waals surface area contributed by atoms with E-state index < -0.39 is 5.41 Å². The number of benzene rings is 6. The third-order valence-electron chi connectivity index (χ3n) is 13.4. The highest BCUT2D eigenvalue weighted by atomic mass is 32.1. The van der Waals surface area contributed by atoms with E-state index in [4.69, 9.17) is 0 Å². The highest BCUT2D eigenvalue weighted by Crippen LogP contribution is 2.64. The zero-order chi connectivity index (χ0) is 37.2. The van der Waals surface area contributed by atoms with E-state index in [0.717, 1.165) is 25.7 Å². The molecule has 1 spiro atoms. The van der Waals surface area contributed by atoms with Gasteiger partial charge in [-0.3, -0.25) is 16.0 Å². The minimum absolute atomic E-state index is 0.0369. The van der Waals surface area contributed by atoms with Crippen LogP contribution in [0.4, 0.5) is 0 Å². The highest BCUT2D eigenvalue weighted by molar-refractivity contribution is 7.20. The van der Waals surface area contributed by atoms with E-state index >= 15 is 0 Å². The van der Waals surface area contributed by atoms with E-state index in [2.05, 4.69) is 178 Å². The Kier molecular flexibility index (Phi) is 6.85. The quantitative estimate of drug-likeness (QED) is 0.168. The summed E-state index contributed by atoms with van der Waals surface area (Å²) in [6.07, 6.45) is 13.7. The lowest BCUT2D eigenvalue weighted by molar-refractivity contribution is 0.203. The molecule has 4 nitrogen and oxygen atoms in total. The maximum atomic E-state index is 4.00. The molecule has 1 saturated heterocycles. The molecular weight excluding hydrogens is 713 g/mol. The molecule has 1 fully saturated rings. The Morgan fingerprint density at radius 1 is 0.561 bits per heavy atom. The van der Waals surface area contributed by atoms with Crippen LogP contribution in [0.5, 0.6) is 0 Å². The zero-order valence-electron chi connectivity index (χ0n) is 31.4. The SMILES string of the molecule is C1=CC2=C(CC1)C1(c3ccccc3-c3ccc(C4NC(c5ccccc5)NC(c5ccccc5)N4)cc31)c1cc3c4c(sc3c3c5ccccc5n2c13)CCC=C4. The van der Waals surface area contributed by atoms with E-state index in [1.54, 1.807) is 0 Å². The molecule has 6 aromatic carbocycles. The molecule has 3 unspecified atom stereocenters. The summed E-state index contributed by atoms with van der Waals surface area (Å²) in [6, 6.07) is 50.1. The first kappa shape index (κ1) is 32.3. The lowest BCUT2D eigenvalue weighted by Gasteiger charge is -2.43. The van der Waals surface area contributed by atoms with Crippen molar-refractivity contribution in [2.75, 3.05) is 0 Å². The second-order valence-corrected chi connectivity index (χ2v) is 17.4. The normalized spacial score (nSPS) is 23.0. The van der Waals surface area contributed by atoms with Crippen molar-refractivity contribution in [2.24, 2.45) is 0 Å². The van der Waals surface area contributed by atoms with Crippen molar-refractivity contribution in [1.29, 1.82) is 0 Å². The Hall–Kier alpha value is -5.82. The molecule has 0 radical (unpaired) electrons. The standard InChI is InChI=1S/C52H40N4S/c1-3-15-31(16-4-1)49-53-50(32-17-5-2-6-18-32)55-51(54-49)33-27-28-35-34-19-7-10-22-39(34)52(41(35)29-33)40-23-11-13-25-44(40)56-43-24-12-8-21-37(43)46-47(56)42(52)30-38-36-20-9-14-26-45(36)57-48(38)46/h1-10,12-13,15-22,24-25,27-30,49-51,53-55H,11,14,23,26H2. The van der Waals surface area contributed by atoms with E-state index in [9.17, 15) is 0 Å². The molecule has 0 amide bonds. The van der Waals surface area contributed by atoms with E-state index in [0.29, 0.717) is 0 Å². The number of thiophene rings is 1. The summed E-state index contributed by atoms with van der Waals surface area (Å²) in [5, 5.41) is 16.0. The van der Waals surface area contributed by atoms with Crippen LogP contribution in [-0.2, 0) is 11.8 Å². The molecule has 5 aliphatic rings. The van der Waals surface area contributed by atoms with Gasteiger partial charge in [0, 0.05) is 31.4 Å². The van der Waals surface area contributed by atoms with Crippen molar-refractivity contribution < 1.29 is 0 Å². The average molecular weight is 753 g/mol. The molecule has 2 aromatic heterocycles. The lowest BCUT2D eigenvalue weighted by Crippen LogP contribution is -2.54. The molecule has 57 heavy (non-hydrogen) atoms. The number of hydrogen-bond donors (Lipinski definition) is 3. The van der Waals surface area contributed by atoms with Gasteiger partial charge in [-0.15, -0.1) is 11.3 Å². The van der Waals surface area contributed by atoms with Gasteiger partial charge in [0.2, 0.25) is 0 Å². The topological polar surface area (TPSA) is 41.0 Å². The van der Waals surface area contributed by atoms with E-state index in [1.165, 1.54) is 98.1 Å². The molecule has 2 aliphatic heterocycles. The lowest BCUT2D eigenvalue weighted by atomic mass is 9.63. The summed E-state index contributed by atoms with van der Waals surface area (Å²) in [4.78, 5) is 1.52. The summed E-state index contributed by atoms with van der Waals surface area (Å²) in [6.45, 7) is 0. The number of aryl methyl sites for hydroxylation is 1. The maximum Gasteiger partial charge on any atom is 0.0864 e. The van der Waals surface area contributed by atoms with Gasteiger partial charge in [0.25, 0.3) is 0 Å². The fraction of sp³-hybridized carbons (Fsp3) is 0.154. The van der Waals surface area contributed by atoms with Crippen LogP contribution >= 0.6 is 11.3 Å². The van der Waals surface area contributed by atoms with Crippen LogP contribution in [0.2, 0.25) is 0 Å². The fourth-order valence-corrected chi connectivity index (χ4v) is 12.4. The van der Waals surface area contributed by atoms with Crippen molar-refractivity contribution >= 4 is 55.0 Å². The molecule has 4 heterocycles. The Labute approximate surface area is 335 Å². The average Bonchev–Trinajstić information content (AvgIpc) is 3.93. The molecule has 0 bridgehead atoms. The first-order chi connectivity index (χ1) is 28.3. The van der Waals surface area contributed by atoms with E-state index in [-0.39, 0.29) is 18.5 Å². The van der Waals surface area contributed by atoms with Gasteiger partial charge in [0.15, 0.2) is 0 Å². The van der Waals surface area contributed by atoms with Crippen LogP contribution < -0.4 is 16.0 Å². The largest absolute Gasteiger partial charge is 0.309 e. The number of nitrogens with one attached hydrogen (secondary N) is 3. The van der Waals surface area contributed by atoms with Crippen LogP contribution in [0.3, 0.4) is 0 Å². The molecule has 5 heteroatoms.